The molecular weight excluding hydrogens is 623 g/mol. The molecule has 0 N–H and O–H groups in total. The predicted octanol–water partition coefficient (Wildman–Crippen LogP) is 10.9. The number of benzene rings is 6. The number of para-hydroxylation sites is 3. The second-order valence-electron chi connectivity index (χ2n) is 13.3. The van der Waals surface area contributed by atoms with Crippen LogP contribution in [0.2, 0.25) is 0 Å². The molecule has 0 bridgehead atoms. The molecule has 0 saturated carbocycles. The molecule has 238 valence electrons. The molecule has 1 aliphatic carbocycles. The van der Waals surface area contributed by atoms with E-state index in [1.54, 1.807) is 0 Å². The Labute approximate surface area is 295 Å². The van der Waals surface area contributed by atoms with Crippen molar-refractivity contribution in [3.8, 4) is 29.6 Å². The summed E-state index contributed by atoms with van der Waals surface area (Å²) in [6.07, 6.45) is 6.03. The Morgan fingerprint density at radius 3 is 1.88 bits per heavy atom. The zero-order valence-corrected chi connectivity index (χ0v) is 27.7. The van der Waals surface area contributed by atoms with Crippen LogP contribution in [-0.2, 0) is 0 Å². The van der Waals surface area contributed by atoms with Crippen LogP contribution in [-0.4, -0.2) is 9.13 Å². The average Bonchev–Trinajstić information content (AvgIpc) is 3.70. The molecule has 9 rings (SSSR count). The molecule has 5 heteroatoms. The first-order valence-electron chi connectivity index (χ1n) is 16.9. The summed E-state index contributed by atoms with van der Waals surface area (Å²) in [5, 5.41) is 35.7. The molecule has 0 aliphatic heterocycles. The molecular formula is C46H29N5. The van der Waals surface area contributed by atoms with Gasteiger partial charge in [-0.25, -0.2) is 0 Å². The maximum Gasteiger partial charge on any atom is 0.0995 e. The van der Waals surface area contributed by atoms with Crippen LogP contribution in [0.15, 0.2) is 152 Å². The molecule has 0 radical (unpaired) electrons. The number of nitriles is 3. The van der Waals surface area contributed by atoms with Gasteiger partial charge in [0.15, 0.2) is 0 Å². The zero-order valence-electron chi connectivity index (χ0n) is 27.7. The summed E-state index contributed by atoms with van der Waals surface area (Å²) in [5.41, 5.74) is 8.82. The SMILES string of the molecule is CC1(C#N)C=CC=C(c2cccc(-n3c4ccccc4c4ccccc43)c2)C1c1c(C#N)cccc1-n1c2ccccc2c2cc(C#N)ccc21. The van der Waals surface area contributed by atoms with Crippen LogP contribution < -0.4 is 0 Å². The van der Waals surface area contributed by atoms with Gasteiger partial charge in [-0.05, 0) is 78.7 Å². The van der Waals surface area contributed by atoms with Gasteiger partial charge in [-0.2, -0.15) is 15.8 Å². The highest BCUT2D eigenvalue weighted by molar-refractivity contribution is 6.10. The van der Waals surface area contributed by atoms with E-state index in [-0.39, 0.29) is 0 Å². The summed E-state index contributed by atoms with van der Waals surface area (Å²) >= 11 is 0. The van der Waals surface area contributed by atoms with Crippen LogP contribution in [0.25, 0.3) is 60.6 Å². The summed E-state index contributed by atoms with van der Waals surface area (Å²) in [7, 11) is 0. The molecule has 6 aromatic carbocycles. The predicted molar refractivity (Wildman–Crippen MR) is 205 cm³/mol. The number of hydrogen-bond acceptors (Lipinski definition) is 3. The first kappa shape index (κ1) is 30.0. The number of hydrogen-bond donors (Lipinski definition) is 0. The molecule has 1 aliphatic rings. The first-order valence-corrected chi connectivity index (χ1v) is 16.9. The third-order valence-corrected chi connectivity index (χ3v) is 10.4. The third-order valence-electron chi connectivity index (χ3n) is 10.4. The lowest BCUT2D eigenvalue weighted by Crippen LogP contribution is -2.27. The largest absolute Gasteiger partial charge is 0.309 e. The van der Waals surface area contributed by atoms with Crippen LogP contribution in [0.1, 0.15) is 35.1 Å². The Morgan fingerprint density at radius 1 is 0.588 bits per heavy atom. The number of allylic oxidation sites excluding steroid dienone is 4. The van der Waals surface area contributed by atoms with E-state index in [2.05, 4.69) is 118 Å². The highest BCUT2D eigenvalue weighted by Crippen LogP contribution is 2.52. The van der Waals surface area contributed by atoms with Crippen LogP contribution in [0.4, 0.5) is 0 Å². The van der Waals surface area contributed by atoms with Gasteiger partial charge >= 0.3 is 0 Å². The van der Waals surface area contributed by atoms with Crippen molar-refractivity contribution in [2.24, 2.45) is 5.41 Å². The second kappa shape index (κ2) is 11.5. The van der Waals surface area contributed by atoms with E-state index in [1.165, 1.54) is 10.8 Å². The molecule has 2 atom stereocenters. The minimum atomic E-state index is -0.971. The summed E-state index contributed by atoms with van der Waals surface area (Å²) < 4.78 is 4.48. The Morgan fingerprint density at radius 2 is 1.22 bits per heavy atom. The molecule has 8 aromatic rings. The van der Waals surface area contributed by atoms with Crippen LogP contribution >= 0.6 is 0 Å². The third kappa shape index (κ3) is 4.45. The van der Waals surface area contributed by atoms with Crippen molar-refractivity contribution in [3.63, 3.8) is 0 Å². The van der Waals surface area contributed by atoms with Crippen molar-refractivity contribution in [2.75, 3.05) is 0 Å². The van der Waals surface area contributed by atoms with Crippen LogP contribution in [0, 0.1) is 39.4 Å². The monoisotopic (exact) mass is 651 g/mol. The van der Waals surface area contributed by atoms with E-state index in [0.29, 0.717) is 11.1 Å². The fraction of sp³-hybridized carbons (Fsp3) is 0.0652. The van der Waals surface area contributed by atoms with Crippen molar-refractivity contribution in [3.05, 3.63) is 174 Å². The van der Waals surface area contributed by atoms with E-state index in [9.17, 15) is 15.8 Å². The molecule has 2 unspecified atom stereocenters. The topological polar surface area (TPSA) is 81.2 Å². The van der Waals surface area contributed by atoms with Crippen LogP contribution in [0.5, 0.6) is 0 Å². The van der Waals surface area contributed by atoms with Gasteiger partial charge in [0.1, 0.15) is 0 Å². The smallest absolute Gasteiger partial charge is 0.0995 e. The number of rotatable bonds is 4. The summed E-state index contributed by atoms with van der Waals surface area (Å²) in [5.74, 6) is -0.485. The van der Waals surface area contributed by atoms with E-state index >= 15 is 0 Å². The minimum Gasteiger partial charge on any atom is -0.309 e. The Balaban J connectivity index is 1.30. The molecule has 0 saturated heterocycles. The number of nitrogens with zero attached hydrogens (tertiary/aromatic N) is 5. The zero-order chi connectivity index (χ0) is 34.7. The molecule has 2 heterocycles. The van der Waals surface area contributed by atoms with E-state index in [4.69, 9.17) is 0 Å². The Hall–Kier alpha value is -7.13. The molecule has 5 nitrogen and oxygen atoms in total. The van der Waals surface area contributed by atoms with Gasteiger partial charge in [-0.3, -0.25) is 0 Å². The Kier molecular flexibility index (Phi) is 6.75. The van der Waals surface area contributed by atoms with Gasteiger partial charge in [0.2, 0.25) is 0 Å². The van der Waals surface area contributed by atoms with E-state index < -0.39 is 11.3 Å². The lowest BCUT2D eigenvalue weighted by Gasteiger charge is -2.36. The normalized spacial score (nSPS) is 17.0. The van der Waals surface area contributed by atoms with Crippen molar-refractivity contribution in [1.82, 2.24) is 9.13 Å². The molecule has 2 aromatic heterocycles. The highest BCUT2D eigenvalue weighted by Gasteiger charge is 2.41. The van der Waals surface area contributed by atoms with Crippen molar-refractivity contribution in [2.45, 2.75) is 12.8 Å². The van der Waals surface area contributed by atoms with Gasteiger partial charge in [0.05, 0.1) is 62.5 Å². The van der Waals surface area contributed by atoms with Gasteiger partial charge in [0, 0.05) is 38.7 Å². The highest BCUT2D eigenvalue weighted by atomic mass is 15.0. The first-order chi connectivity index (χ1) is 25.0. The lowest BCUT2D eigenvalue weighted by atomic mass is 9.65. The molecule has 0 spiro atoms. The maximum atomic E-state index is 10.9. The molecule has 0 fully saturated rings. The summed E-state index contributed by atoms with van der Waals surface area (Å²) in [6.45, 7) is 1.96. The maximum absolute atomic E-state index is 10.9. The molecule has 51 heavy (non-hydrogen) atoms. The summed E-state index contributed by atoms with van der Waals surface area (Å²) in [4.78, 5) is 0. The Bertz CT molecular complexity index is 2880. The van der Waals surface area contributed by atoms with Crippen molar-refractivity contribution >= 4 is 49.2 Å². The quantitative estimate of drug-likeness (QED) is 0.190. The van der Waals surface area contributed by atoms with Crippen LogP contribution in [0.3, 0.4) is 0 Å². The van der Waals surface area contributed by atoms with Gasteiger partial charge in [-0.15, -0.1) is 0 Å². The second-order valence-corrected chi connectivity index (χ2v) is 13.3. The van der Waals surface area contributed by atoms with Crippen molar-refractivity contribution in [1.29, 1.82) is 15.8 Å². The number of aromatic nitrogens is 2. The number of fused-ring (bicyclic) bond motifs is 6. The minimum absolute atomic E-state index is 0.485. The summed E-state index contributed by atoms with van der Waals surface area (Å²) in [6, 6.07) is 52.5. The fourth-order valence-electron chi connectivity index (χ4n) is 8.16. The fourth-order valence-corrected chi connectivity index (χ4v) is 8.16. The van der Waals surface area contributed by atoms with E-state index in [1.807, 2.05) is 67.6 Å². The molecule has 0 amide bonds. The van der Waals surface area contributed by atoms with Gasteiger partial charge in [-0.1, -0.05) is 91.0 Å². The lowest BCUT2D eigenvalue weighted by molar-refractivity contribution is 0.508. The average molecular weight is 652 g/mol. The standard InChI is InChI=1S/C46H29N5/c1-46(29-49)24-10-17-34(31-11-8-13-33(26-31)50-39-18-5-2-14-35(39)36-15-3-6-19-40(36)50)45(46)44-32(28-48)12-9-21-43(44)51-41-20-7-4-16-37(41)38-25-30(27-47)22-23-42(38)51/h2-26,45H,1H3. The van der Waals surface area contributed by atoms with Crippen molar-refractivity contribution < 1.29 is 0 Å². The van der Waals surface area contributed by atoms with E-state index in [0.717, 1.165) is 60.9 Å². The van der Waals surface area contributed by atoms with Gasteiger partial charge in [0.25, 0.3) is 0 Å². The van der Waals surface area contributed by atoms with Gasteiger partial charge < -0.3 is 9.13 Å².